The van der Waals surface area contributed by atoms with Gasteiger partial charge >= 0.3 is 6.18 Å². The van der Waals surface area contributed by atoms with Gasteiger partial charge in [-0.1, -0.05) is 32.9 Å². The van der Waals surface area contributed by atoms with E-state index in [0.717, 1.165) is 31.6 Å². The fraction of sp³-hybridized carbons (Fsp3) is 0.450. The molecular formula is C20H23F3N4. The van der Waals surface area contributed by atoms with Crippen molar-refractivity contribution in [3.8, 4) is 17.3 Å². The summed E-state index contributed by atoms with van der Waals surface area (Å²) in [5.74, 6) is -0.0393. The fourth-order valence-electron chi connectivity index (χ4n) is 2.54. The van der Waals surface area contributed by atoms with Gasteiger partial charge in [0.25, 0.3) is 0 Å². The van der Waals surface area contributed by atoms with E-state index in [4.69, 9.17) is 5.26 Å². The van der Waals surface area contributed by atoms with E-state index in [0.29, 0.717) is 23.4 Å². The van der Waals surface area contributed by atoms with E-state index in [-0.39, 0.29) is 11.2 Å². The van der Waals surface area contributed by atoms with Gasteiger partial charge in [-0.15, -0.1) is 0 Å². The van der Waals surface area contributed by atoms with E-state index < -0.39 is 11.7 Å². The Kier molecular flexibility index (Phi) is 6.55. The molecule has 0 saturated heterocycles. The standard InChI is InChI=1S/C20H23F3N4/c1-19(2,3)13-25-9-5-8-16-11-17(27-18(12-24)26-16)14-6-4-7-15(10-14)20(21,22)23/h4,6-7,10-11,25H,5,8-9,13H2,1-3H3. The summed E-state index contributed by atoms with van der Waals surface area (Å²) in [7, 11) is 0. The number of rotatable bonds is 6. The van der Waals surface area contributed by atoms with Gasteiger partial charge in [0.2, 0.25) is 5.82 Å². The van der Waals surface area contributed by atoms with Crippen LogP contribution in [0.1, 0.15) is 44.3 Å². The minimum atomic E-state index is -4.43. The van der Waals surface area contributed by atoms with E-state index in [2.05, 4.69) is 36.1 Å². The van der Waals surface area contributed by atoms with Crippen LogP contribution in [0.25, 0.3) is 11.3 Å². The Morgan fingerprint density at radius 3 is 2.48 bits per heavy atom. The highest BCUT2D eigenvalue weighted by atomic mass is 19.4. The van der Waals surface area contributed by atoms with Gasteiger partial charge in [0.15, 0.2) is 0 Å². The molecule has 27 heavy (non-hydrogen) atoms. The zero-order chi connectivity index (χ0) is 20.1. The second-order valence-electron chi connectivity index (χ2n) is 7.60. The number of hydrogen-bond donors (Lipinski definition) is 1. The Morgan fingerprint density at radius 2 is 1.85 bits per heavy atom. The number of aryl methyl sites for hydroxylation is 1. The molecule has 1 aromatic heterocycles. The highest BCUT2D eigenvalue weighted by molar-refractivity contribution is 5.61. The minimum absolute atomic E-state index is 0.0393. The van der Waals surface area contributed by atoms with E-state index in [1.807, 2.05) is 6.07 Å². The molecule has 0 fully saturated rings. The molecule has 4 nitrogen and oxygen atoms in total. The molecule has 1 aromatic carbocycles. The molecule has 0 aliphatic rings. The van der Waals surface area contributed by atoms with Crippen LogP contribution in [0, 0.1) is 16.7 Å². The third kappa shape index (κ3) is 6.65. The maximum atomic E-state index is 12.9. The lowest BCUT2D eigenvalue weighted by Crippen LogP contribution is -2.27. The van der Waals surface area contributed by atoms with Crippen LogP contribution in [0.4, 0.5) is 13.2 Å². The van der Waals surface area contributed by atoms with E-state index >= 15 is 0 Å². The Labute approximate surface area is 157 Å². The topological polar surface area (TPSA) is 61.6 Å². The summed E-state index contributed by atoms with van der Waals surface area (Å²) in [6.45, 7) is 8.11. The molecule has 0 radical (unpaired) electrons. The summed E-state index contributed by atoms with van der Waals surface area (Å²) >= 11 is 0. The predicted octanol–water partition coefficient (Wildman–Crippen LogP) is 4.60. The molecule has 2 rings (SSSR count). The lowest BCUT2D eigenvalue weighted by atomic mass is 9.97. The summed E-state index contributed by atoms with van der Waals surface area (Å²) < 4.78 is 38.8. The first-order valence-corrected chi connectivity index (χ1v) is 8.75. The first kappa shape index (κ1) is 20.8. The highest BCUT2D eigenvalue weighted by Crippen LogP contribution is 2.31. The second-order valence-corrected chi connectivity index (χ2v) is 7.60. The zero-order valence-electron chi connectivity index (χ0n) is 15.7. The molecule has 7 heteroatoms. The normalized spacial score (nSPS) is 12.0. The molecule has 0 atom stereocenters. The number of nitrogens with zero attached hydrogens (tertiary/aromatic N) is 3. The third-order valence-electron chi connectivity index (χ3n) is 3.81. The third-order valence-corrected chi connectivity index (χ3v) is 3.81. The molecule has 0 aliphatic heterocycles. The van der Waals surface area contributed by atoms with Crippen molar-refractivity contribution in [2.75, 3.05) is 13.1 Å². The molecule has 144 valence electrons. The number of nitriles is 1. The monoisotopic (exact) mass is 376 g/mol. The van der Waals surface area contributed by atoms with Crippen molar-refractivity contribution in [2.45, 2.75) is 39.8 Å². The summed E-state index contributed by atoms with van der Waals surface area (Å²) in [5, 5.41) is 12.5. The van der Waals surface area contributed by atoms with Crippen LogP contribution in [0.5, 0.6) is 0 Å². The summed E-state index contributed by atoms with van der Waals surface area (Å²) in [6.07, 6.45) is -3.01. The van der Waals surface area contributed by atoms with Gasteiger partial charge in [-0.2, -0.15) is 18.4 Å². The molecule has 0 bridgehead atoms. The van der Waals surface area contributed by atoms with Gasteiger partial charge in [-0.25, -0.2) is 9.97 Å². The molecular weight excluding hydrogens is 353 g/mol. The lowest BCUT2D eigenvalue weighted by Gasteiger charge is -2.18. The number of benzene rings is 1. The number of alkyl halides is 3. The molecule has 2 aromatic rings. The van der Waals surface area contributed by atoms with E-state index in [9.17, 15) is 13.2 Å². The average molecular weight is 376 g/mol. The van der Waals surface area contributed by atoms with Crippen molar-refractivity contribution >= 4 is 0 Å². The summed E-state index contributed by atoms with van der Waals surface area (Å²) in [5.41, 5.74) is 0.734. The van der Waals surface area contributed by atoms with Gasteiger partial charge < -0.3 is 5.32 Å². The number of hydrogen-bond acceptors (Lipinski definition) is 4. The van der Waals surface area contributed by atoms with Crippen LogP contribution >= 0.6 is 0 Å². The van der Waals surface area contributed by atoms with E-state index in [1.54, 1.807) is 12.1 Å². The van der Waals surface area contributed by atoms with Crippen molar-refractivity contribution in [1.82, 2.24) is 15.3 Å². The first-order chi connectivity index (χ1) is 12.6. The van der Waals surface area contributed by atoms with Crippen LogP contribution in [0.2, 0.25) is 0 Å². The van der Waals surface area contributed by atoms with Crippen molar-refractivity contribution < 1.29 is 13.2 Å². The van der Waals surface area contributed by atoms with Gasteiger partial charge in [-0.05, 0) is 49.5 Å². The van der Waals surface area contributed by atoms with Gasteiger partial charge in [0.05, 0.1) is 11.3 Å². The first-order valence-electron chi connectivity index (χ1n) is 8.75. The molecule has 0 saturated carbocycles. The predicted molar refractivity (Wildman–Crippen MR) is 97.8 cm³/mol. The molecule has 0 unspecified atom stereocenters. The Hall–Kier alpha value is -2.46. The fourth-order valence-corrected chi connectivity index (χ4v) is 2.54. The second kappa shape index (κ2) is 8.49. The number of nitrogens with one attached hydrogen (secondary N) is 1. The minimum Gasteiger partial charge on any atom is -0.316 e. The van der Waals surface area contributed by atoms with Gasteiger partial charge in [0.1, 0.15) is 6.07 Å². The van der Waals surface area contributed by atoms with Crippen molar-refractivity contribution in [2.24, 2.45) is 5.41 Å². The molecule has 1 N–H and O–H groups in total. The summed E-state index contributed by atoms with van der Waals surface area (Å²) in [4.78, 5) is 8.24. The Morgan fingerprint density at radius 1 is 1.11 bits per heavy atom. The van der Waals surface area contributed by atoms with Crippen LogP contribution in [0.15, 0.2) is 30.3 Å². The molecule has 0 amide bonds. The Bertz CT molecular complexity index is 817. The van der Waals surface area contributed by atoms with Gasteiger partial charge in [-0.3, -0.25) is 0 Å². The number of halogens is 3. The SMILES string of the molecule is CC(C)(C)CNCCCc1cc(-c2cccc(C(F)(F)F)c2)nc(C#N)n1. The maximum absolute atomic E-state index is 12.9. The Balaban J connectivity index is 2.15. The quantitative estimate of drug-likeness (QED) is 0.749. The lowest BCUT2D eigenvalue weighted by molar-refractivity contribution is -0.137. The van der Waals surface area contributed by atoms with Crippen LogP contribution < -0.4 is 5.32 Å². The number of aromatic nitrogens is 2. The summed E-state index contributed by atoms with van der Waals surface area (Å²) in [6, 6.07) is 8.47. The largest absolute Gasteiger partial charge is 0.416 e. The zero-order valence-corrected chi connectivity index (χ0v) is 15.7. The van der Waals surface area contributed by atoms with Crippen LogP contribution in [-0.4, -0.2) is 23.1 Å². The maximum Gasteiger partial charge on any atom is 0.416 e. The van der Waals surface area contributed by atoms with Crippen LogP contribution in [-0.2, 0) is 12.6 Å². The molecule has 1 heterocycles. The van der Waals surface area contributed by atoms with Crippen molar-refractivity contribution in [1.29, 1.82) is 5.26 Å². The highest BCUT2D eigenvalue weighted by Gasteiger charge is 2.30. The smallest absolute Gasteiger partial charge is 0.316 e. The van der Waals surface area contributed by atoms with Crippen molar-refractivity contribution in [3.05, 3.63) is 47.4 Å². The van der Waals surface area contributed by atoms with Crippen molar-refractivity contribution in [3.63, 3.8) is 0 Å². The average Bonchev–Trinajstić information content (AvgIpc) is 2.59. The van der Waals surface area contributed by atoms with E-state index in [1.165, 1.54) is 6.07 Å². The van der Waals surface area contributed by atoms with Crippen LogP contribution in [0.3, 0.4) is 0 Å². The van der Waals surface area contributed by atoms with Gasteiger partial charge in [0, 0.05) is 11.3 Å². The molecule has 0 aliphatic carbocycles. The molecule has 0 spiro atoms.